The molecule has 0 N–H and O–H groups in total. The van der Waals surface area contributed by atoms with Crippen LogP contribution in [0, 0.1) is 0 Å². The number of carbonyl (C=O) groups is 2. The zero-order valence-electron chi connectivity index (χ0n) is 15.5. The van der Waals surface area contributed by atoms with Gasteiger partial charge in [0.05, 0.1) is 16.3 Å². The predicted octanol–water partition coefficient (Wildman–Crippen LogP) is 3.06. The lowest BCUT2D eigenvalue weighted by atomic mass is 10.2. The zero-order chi connectivity index (χ0) is 18.8. The molecule has 2 amide bonds. The van der Waals surface area contributed by atoms with Crippen LogP contribution in [-0.4, -0.2) is 75.9 Å². The molecule has 0 saturated carbocycles. The van der Waals surface area contributed by atoms with Crippen LogP contribution >= 0.6 is 23.1 Å². The molecule has 0 bridgehead atoms. The molecular weight excluding hydrogens is 380 g/mol. The maximum Gasteiger partial charge on any atom is 0.281 e. The van der Waals surface area contributed by atoms with Crippen LogP contribution < -0.4 is 0 Å². The van der Waals surface area contributed by atoms with Crippen molar-refractivity contribution in [3.8, 4) is 0 Å². The Morgan fingerprint density at radius 3 is 2.67 bits per heavy atom. The van der Waals surface area contributed by atoms with Gasteiger partial charge in [-0.1, -0.05) is 23.9 Å². The van der Waals surface area contributed by atoms with Gasteiger partial charge in [-0.2, -0.15) is 0 Å². The van der Waals surface area contributed by atoms with Gasteiger partial charge < -0.3 is 9.80 Å². The number of aromatic nitrogens is 1. The molecule has 144 valence electrons. The molecule has 2 aromatic rings. The number of carbonyl (C=O) groups excluding carboxylic acids is 2. The number of fused-ring (bicyclic) bond motifs is 1. The second kappa shape index (κ2) is 8.16. The van der Waals surface area contributed by atoms with Gasteiger partial charge in [-0.05, 0) is 19.1 Å². The summed E-state index contributed by atoms with van der Waals surface area (Å²) < 4.78 is 1.22. The van der Waals surface area contributed by atoms with Crippen LogP contribution in [0.4, 0.5) is 4.79 Å². The van der Waals surface area contributed by atoms with Crippen molar-refractivity contribution in [2.24, 2.45) is 0 Å². The van der Waals surface area contributed by atoms with Crippen molar-refractivity contribution in [2.45, 2.75) is 19.4 Å². The minimum Gasteiger partial charge on any atom is -0.340 e. The molecule has 1 aromatic heterocycles. The lowest BCUT2D eigenvalue weighted by molar-refractivity contribution is -0.133. The number of thiazole rings is 1. The van der Waals surface area contributed by atoms with Crippen molar-refractivity contribution in [1.82, 2.24) is 19.7 Å². The molecular formula is C19H24N4O2S2. The first-order chi connectivity index (χ1) is 13.1. The van der Waals surface area contributed by atoms with Crippen LogP contribution in [-0.2, 0) is 4.79 Å². The first-order valence-corrected chi connectivity index (χ1v) is 11.2. The first kappa shape index (κ1) is 18.7. The number of amides is 2. The molecule has 3 heterocycles. The van der Waals surface area contributed by atoms with Gasteiger partial charge in [-0.25, -0.2) is 4.98 Å². The number of piperazine rings is 1. The van der Waals surface area contributed by atoms with Crippen molar-refractivity contribution < 1.29 is 9.59 Å². The Kier molecular flexibility index (Phi) is 5.66. The van der Waals surface area contributed by atoms with E-state index in [4.69, 9.17) is 4.98 Å². The Morgan fingerprint density at radius 2 is 1.96 bits per heavy atom. The molecule has 2 aliphatic heterocycles. The molecule has 27 heavy (non-hydrogen) atoms. The quantitative estimate of drug-likeness (QED) is 0.767. The second-order valence-corrected chi connectivity index (χ2v) is 9.07. The maximum atomic E-state index is 12.5. The smallest absolute Gasteiger partial charge is 0.281 e. The second-order valence-electron chi connectivity index (χ2n) is 6.96. The highest BCUT2D eigenvalue weighted by atomic mass is 32.2. The van der Waals surface area contributed by atoms with E-state index in [1.807, 2.05) is 17.0 Å². The number of para-hydroxylation sites is 1. The Hall–Kier alpha value is -1.64. The summed E-state index contributed by atoms with van der Waals surface area (Å²) in [4.78, 5) is 35.0. The Bertz CT molecular complexity index is 799. The number of thioether (sulfide) groups is 1. The van der Waals surface area contributed by atoms with Crippen molar-refractivity contribution >= 4 is 44.5 Å². The summed E-state index contributed by atoms with van der Waals surface area (Å²) in [6, 6.07) is 8.51. The number of hydrogen-bond acceptors (Lipinski definition) is 6. The summed E-state index contributed by atoms with van der Waals surface area (Å²) in [6.07, 6.45) is 0.430. The number of nitrogens with zero attached hydrogens (tertiary/aromatic N) is 4. The molecule has 2 saturated heterocycles. The van der Waals surface area contributed by atoms with Crippen molar-refractivity contribution in [3.63, 3.8) is 0 Å². The van der Waals surface area contributed by atoms with Crippen LogP contribution in [0.25, 0.3) is 10.2 Å². The van der Waals surface area contributed by atoms with Gasteiger partial charge in [0.1, 0.15) is 5.01 Å². The third kappa shape index (κ3) is 4.12. The van der Waals surface area contributed by atoms with E-state index in [1.165, 1.54) is 16.5 Å². The summed E-state index contributed by atoms with van der Waals surface area (Å²) in [5, 5.41) is 1.25. The van der Waals surface area contributed by atoms with E-state index in [2.05, 4.69) is 24.0 Å². The van der Waals surface area contributed by atoms with E-state index in [-0.39, 0.29) is 17.2 Å². The average Bonchev–Trinajstić information content (AvgIpc) is 3.31. The van der Waals surface area contributed by atoms with Gasteiger partial charge in [0.25, 0.3) is 5.24 Å². The van der Waals surface area contributed by atoms with Gasteiger partial charge in [0, 0.05) is 51.4 Å². The highest BCUT2D eigenvalue weighted by molar-refractivity contribution is 8.13. The molecule has 1 atom stereocenters. The van der Waals surface area contributed by atoms with E-state index >= 15 is 0 Å². The summed E-state index contributed by atoms with van der Waals surface area (Å²) in [5.41, 5.74) is 1.06. The summed E-state index contributed by atoms with van der Waals surface area (Å²) in [6.45, 7) is 6.74. The van der Waals surface area contributed by atoms with E-state index in [1.54, 1.807) is 16.2 Å². The molecule has 4 rings (SSSR count). The zero-order valence-corrected chi connectivity index (χ0v) is 17.1. The van der Waals surface area contributed by atoms with Gasteiger partial charge in [-0.15, -0.1) is 11.3 Å². The summed E-state index contributed by atoms with van der Waals surface area (Å²) in [5.74, 6) is 1.00. The third-order valence-electron chi connectivity index (χ3n) is 5.32. The Morgan fingerprint density at radius 1 is 1.19 bits per heavy atom. The molecule has 0 aliphatic carbocycles. The van der Waals surface area contributed by atoms with Crippen LogP contribution in [0.15, 0.2) is 24.3 Å². The van der Waals surface area contributed by atoms with Crippen LogP contribution in [0.1, 0.15) is 24.4 Å². The van der Waals surface area contributed by atoms with E-state index in [0.717, 1.165) is 49.0 Å². The number of hydrogen-bond donors (Lipinski definition) is 0. The topological polar surface area (TPSA) is 56.8 Å². The number of rotatable bonds is 5. The predicted molar refractivity (Wildman–Crippen MR) is 110 cm³/mol. The summed E-state index contributed by atoms with van der Waals surface area (Å²) >= 11 is 3.10. The van der Waals surface area contributed by atoms with E-state index in [9.17, 15) is 9.59 Å². The molecule has 2 aliphatic rings. The fraction of sp³-hybridized carbons (Fsp3) is 0.526. The first-order valence-electron chi connectivity index (χ1n) is 9.41. The largest absolute Gasteiger partial charge is 0.340 e. The lowest BCUT2D eigenvalue weighted by Crippen LogP contribution is -2.49. The van der Waals surface area contributed by atoms with Crippen LogP contribution in [0.3, 0.4) is 0 Å². The van der Waals surface area contributed by atoms with Crippen molar-refractivity contribution in [2.75, 3.05) is 45.0 Å². The fourth-order valence-corrected chi connectivity index (χ4v) is 5.51. The fourth-order valence-electron chi connectivity index (χ4n) is 3.60. The maximum absolute atomic E-state index is 12.5. The van der Waals surface area contributed by atoms with Crippen molar-refractivity contribution in [3.05, 3.63) is 29.3 Å². The standard InChI is InChI=1S/C19H24N4O2S2/c1-14(18-20-15-4-2-3-5-16(15)27-18)21-8-10-22(11-9-21)17(24)6-7-23-12-13-26-19(23)25/h2-5,14H,6-13H2,1H3. The van der Waals surface area contributed by atoms with E-state index in [0.29, 0.717) is 13.0 Å². The van der Waals surface area contributed by atoms with Gasteiger partial charge in [-0.3, -0.25) is 14.5 Å². The van der Waals surface area contributed by atoms with Gasteiger partial charge in [0.15, 0.2) is 0 Å². The van der Waals surface area contributed by atoms with Crippen LogP contribution in [0.5, 0.6) is 0 Å². The normalized spacial score (nSPS) is 19.8. The lowest BCUT2D eigenvalue weighted by Gasteiger charge is -2.37. The summed E-state index contributed by atoms with van der Waals surface area (Å²) in [7, 11) is 0. The Labute approximate surface area is 167 Å². The third-order valence-corrected chi connectivity index (χ3v) is 7.42. The van der Waals surface area contributed by atoms with Crippen molar-refractivity contribution in [1.29, 1.82) is 0 Å². The van der Waals surface area contributed by atoms with Gasteiger partial charge in [0.2, 0.25) is 5.91 Å². The molecule has 0 spiro atoms. The minimum atomic E-state index is 0.109. The van der Waals surface area contributed by atoms with E-state index < -0.39 is 0 Å². The number of benzene rings is 1. The average molecular weight is 405 g/mol. The van der Waals surface area contributed by atoms with Crippen LogP contribution in [0.2, 0.25) is 0 Å². The molecule has 1 unspecified atom stereocenters. The molecule has 6 nitrogen and oxygen atoms in total. The monoisotopic (exact) mass is 404 g/mol. The highest BCUT2D eigenvalue weighted by Crippen LogP contribution is 2.30. The molecule has 0 radical (unpaired) electrons. The highest BCUT2D eigenvalue weighted by Gasteiger charge is 2.27. The molecule has 1 aromatic carbocycles. The molecule has 8 heteroatoms. The SMILES string of the molecule is CC(c1nc2ccccc2s1)N1CCN(C(=O)CCN2CCSC2=O)CC1. The Balaban J connectivity index is 1.29. The molecule has 2 fully saturated rings. The minimum absolute atomic E-state index is 0.109. The van der Waals surface area contributed by atoms with Gasteiger partial charge >= 0.3 is 0 Å².